The number of nitrogens with one attached hydrogen (secondary N) is 2. The fourth-order valence-corrected chi connectivity index (χ4v) is 2.36. The molecule has 0 aliphatic heterocycles. The van der Waals surface area contributed by atoms with Gasteiger partial charge in [-0.15, -0.1) is 0 Å². The summed E-state index contributed by atoms with van der Waals surface area (Å²) < 4.78 is 6.99. The lowest BCUT2D eigenvalue weighted by molar-refractivity contribution is 0.251. The molecule has 7 heteroatoms. The number of urea groups is 1. The fraction of sp³-hybridized carbons (Fsp3) is 0.167. The SMILES string of the molecule is COc1ccccc1NC(=O)NCCn1ccc(-c2ccncc2)n1. The van der Waals surface area contributed by atoms with Crippen LogP contribution in [-0.2, 0) is 6.54 Å². The summed E-state index contributed by atoms with van der Waals surface area (Å²) in [6, 6.07) is 12.7. The van der Waals surface area contributed by atoms with Crippen LogP contribution in [0.2, 0.25) is 0 Å². The average Bonchev–Trinajstić information content (AvgIpc) is 3.12. The summed E-state index contributed by atoms with van der Waals surface area (Å²) >= 11 is 0. The van der Waals surface area contributed by atoms with Gasteiger partial charge in [-0.3, -0.25) is 9.67 Å². The predicted octanol–water partition coefficient (Wildman–Crippen LogP) is 2.78. The number of hydrogen-bond acceptors (Lipinski definition) is 4. The second-order valence-corrected chi connectivity index (χ2v) is 5.28. The third kappa shape index (κ3) is 4.35. The molecule has 1 aromatic carbocycles. The number of ether oxygens (including phenoxy) is 1. The van der Waals surface area contributed by atoms with Crippen LogP contribution in [0.5, 0.6) is 5.75 Å². The van der Waals surface area contributed by atoms with Crippen LogP contribution >= 0.6 is 0 Å². The highest BCUT2D eigenvalue weighted by atomic mass is 16.5. The van der Waals surface area contributed by atoms with E-state index in [1.54, 1.807) is 36.3 Å². The number of aromatic nitrogens is 3. The molecule has 0 saturated heterocycles. The highest BCUT2D eigenvalue weighted by Crippen LogP contribution is 2.22. The molecule has 3 aromatic rings. The first kappa shape index (κ1) is 16.5. The van der Waals surface area contributed by atoms with Gasteiger partial charge in [0.05, 0.1) is 25.0 Å². The van der Waals surface area contributed by atoms with Gasteiger partial charge < -0.3 is 15.4 Å². The number of methoxy groups -OCH3 is 1. The summed E-state index contributed by atoms with van der Waals surface area (Å²) in [6.07, 6.45) is 5.35. The molecular weight excluding hydrogens is 318 g/mol. The Morgan fingerprint density at radius 2 is 1.96 bits per heavy atom. The number of hydrogen-bond donors (Lipinski definition) is 2. The Bertz CT molecular complexity index is 832. The molecule has 0 saturated carbocycles. The minimum atomic E-state index is -0.286. The van der Waals surface area contributed by atoms with Crippen LogP contribution in [0, 0.1) is 0 Å². The first-order valence-corrected chi connectivity index (χ1v) is 7.88. The molecule has 0 aliphatic rings. The second-order valence-electron chi connectivity index (χ2n) is 5.28. The van der Waals surface area contributed by atoms with Gasteiger partial charge in [0.2, 0.25) is 0 Å². The summed E-state index contributed by atoms with van der Waals surface area (Å²) in [5.74, 6) is 0.617. The topological polar surface area (TPSA) is 81.1 Å². The zero-order valence-corrected chi connectivity index (χ0v) is 13.8. The molecule has 3 rings (SSSR count). The zero-order valence-electron chi connectivity index (χ0n) is 13.8. The van der Waals surface area contributed by atoms with E-state index in [2.05, 4.69) is 20.7 Å². The minimum absolute atomic E-state index is 0.286. The Hall–Kier alpha value is -3.35. The van der Waals surface area contributed by atoms with Crippen molar-refractivity contribution in [3.8, 4) is 17.0 Å². The summed E-state index contributed by atoms with van der Waals surface area (Å²) in [7, 11) is 1.57. The molecule has 2 amide bonds. The van der Waals surface area contributed by atoms with Gasteiger partial charge >= 0.3 is 6.03 Å². The maximum Gasteiger partial charge on any atom is 0.319 e. The predicted molar refractivity (Wildman–Crippen MR) is 95.5 cm³/mol. The number of rotatable bonds is 6. The lowest BCUT2D eigenvalue weighted by atomic mass is 10.2. The first-order valence-electron chi connectivity index (χ1n) is 7.88. The third-order valence-electron chi connectivity index (χ3n) is 3.60. The minimum Gasteiger partial charge on any atom is -0.495 e. The van der Waals surface area contributed by atoms with Gasteiger partial charge in [0.1, 0.15) is 5.75 Å². The van der Waals surface area contributed by atoms with Gasteiger partial charge in [0.15, 0.2) is 0 Å². The van der Waals surface area contributed by atoms with Crippen LogP contribution in [0.15, 0.2) is 61.1 Å². The van der Waals surface area contributed by atoms with Crippen molar-refractivity contribution in [3.05, 3.63) is 61.1 Å². The Morgan fingerprint density at radius 3 is 2.76 bits per heavy atom. The molecule has 2 aromatic heterocycles. The second kappa shape index (κ2) is 7.96. The van der Waals surface area contributed by atoms with E-state index in [0.717, 1.165) is 11.3 Å². The molecule has 25 heavy (non-hydrogen) atoms. The molecule has 0 unspecified atom stereocenters. The van der Waals surface area contributed by atoms with Crippen LogP contribution in [0.1, 0.15) is 0 Å². The molecule has 0 spiro atoms. The molecule has 128 valence electrons. The maximum atomic E-state index is 12.0. The fourth-order valence-electron chi connectivity index (χ4n) is 2.36. The molecule has 2 N–H and O–H groups in total. The molecule has 2 heterocycles. The standard InChI is InChI=1S/C18H19N5O2/c1-25-17-5-3-2-4-16(17)21-18(24)20-11-13-23-12-8-15(22-23)14-6-9-19-10-7-14/h2-10,12H,11,13H2,1H3,(H2,20,21,24). The number of pyridine rings is 1. The number of anilines is 1. The Kier molecular flexibility index (Phi) is 5.26. The van der Waals surface area contributed by atoms with Gasteiger partial charge in [-0.25, -0.2) is 4.79 Å². The quantitative estimate of drug-likeness (QED) is 0.725. The highest BCUT2D eigenvalue weighted by molar-refractivity contribution is 5.90. The summed E-state index contributed by atoms with van der Waals surface area (Å²) in [5, 5.41) is 10.1. The molecule has 0 aliphatic carbocycles. The van der Waals surface area contributed by atoms with Crippen molar-refractivity contribution in [3.63, 3.8) is 0 Å². The highest BCUT2D eigenvalue weighted by Gasteiger charge is 2.06. The van der Waals surface area contributed by atoms with E-state index >= 15 is 0 Å². The number of para-hydroxylation sites is 2. The van der Waals surface area contributed by atoms with E-state index in [0.29, 0.717) is 24.5 Å². The number of carbonyl (C=O) groups excluding carboxylic acids is 1. The monoisotopic (exact) mass is 337 g/mol. The van der Waals surface area contributed by atoms with Crippen molar-refractivity contribution in [1.29, 1.82) is 0 Å². The lowest BCUT2D eigenvalue weighted by Crippen LogP contribution is -2.31. The molecule has 0 atom stereocenters. The zero-order chi connectivity index (χ0) is 17.5. The van der Waals surface area contributed by atoms with Crippen molar-refractivity contribution in [1.82, 2.24) is 20.1 Å². The maximum absolute atomic E-state index is 12.0. The summed E-state index contributed by atoms with van der Waals surface area (Å²) in [4.78, 5) is 16.0. The Balaban J connectivity index is 1.50. The van der Waals surface area contributed by atoms with Crippen LogP contribution in [0.4, 0.5) is 10.5 Å². The van der Waals surface area contributed by atoms with Crippen molar-refractivity contribution >= 4 is 11.7 Å². The van der Waals surface area contributed by atoms with Crippen LogP contribution in [0.3, 0.4) is 0 Å². The molecule has 0 radical (unpaired) electrons. The van der Waals surface area contributed by atoms with Gasteiger partial charge in [0.25, 0.3) is 0 Å². The smallest absolute Gasteiger partial charge is 0.319 e. The summed E-state index contributed by atoms with van der Waals surface area (Å²) in [6.45, 7) is 1.03. The lowest BCUT2D eigenvalue weighted by Gasteiger charge is -2.10. The third-order valence-corrected chi connectivity index (χ3v) is 3.60. The van der Waals surface area contributed by atoms with E-state index in [9.17, 15) is 4.79 Å². The molecule has 7 nitrogen and oxygen atoms in total. The molecule has 0 bridgehead atoms. The first-order chi connectivity index (χ1) is 12.3. The van der Waals surface area contributed by atoms with Crippen LogP contribution in [0.25, 0.3) is 11.3 Å². The molecule has 0 fully saturated rings. The van der Waals surface area contributed by atoms with E-state index in [1.165, 1.54) is 0 Å². The van der Waals surface area contributed by atoms with Crippen molar-refractivity contribution < 1.29 is 9.53 Å². The summed E-state index contributed by atoms with van der Waals surface area (Å²) in [5.41, 5.74) is 2.51. The van der Waals surface area contributed by atoms with E-state index in [4.69, 9.17) is 4.74 Å². The van der Waals surface area contributed by atoms with E-state index in [1.807, 2.05) is 36.5 Å². The molecular formula is C18H19N5O2. The van der Waals surface area contributed by atoms with Gasteiger partial charge in [-0.2, -0.15) is 5.10 Å². The van der Waals surface area contributed by atoms with Crippen molar-refractivity contribution in [2.75, 3.05) is 19.0 Å². The van der Waals surface area contributed by atoms with E-state index in [-0.39, 0.29) is 6.03 Å². The Labute approximate surface area is 145 Å². The van der Waals surface area contributed by atoms with Gasteiger partial charge in [0, 0.05) is 30.7 Å². The van der Waals surface area contributed by atoms with Gasteiger partial charge in [-0.05, 0) is 30.3 Å². The van der Waals surface area contributed by atoms with E-state index < -0.39 is 0 Å². The Morgan fingerprint density at radius 1 is 1.16 bits per heavy atom. The van der Waals surface area contributed by atoms with Crippen molar-refractivity contribution in [2.24, 2.45) is 0 Å². The number of nitrogens with zero attached hydrogens (tertiary/aromatic N) is 3. The average molecular weight is 337 g/mol. The number of benzene rings is 1. The number of carbonyl (C=O) groups is 1. The van der Waals surface area contributed by atoms with Crippen LogP contribution in [-0.4, -0.2) is 34.5 Å². The largest absolute Gasteiger partial charge is 0.495 e. The van der Waals surface area contributed by atoms with Gasteiger partial charge in [-0.1, -0.05) is 12.1 Å². The van der Waals surface area contributed by atoms with Crippen molar-refractivity contribution in [2.45, 2.75) is 6.54 Å². The van der Waals surface area contributed by atoms with Crippen LogP contribution < -0.4 is 15.4 Å². The normalized spacial score (nSPS) is 10.3. The number of amides is 2.